The molecule has 0 atom stereocenters. The summed E-state index contributed by atoms with van der Waals surface area (Å²) in [5, 5.41) is 1.97. The summed E-state index contributed by atoms with van der Waals surface area (Å²) in [6.45, 7) is 5.04. The Morgan fingerprint density at radius 3 is 2.07 bits per heavy atom. The van der Waals surface area contributed by atoms with Crippen molar-refractivity contribution in [2.45, 2.75) is 32.7 Å². The van der Waals surface area contributed by atoms with Crippen molar-refractivity contribution in [2.24, 2.45) is 0 Å². The minimum absolute atomic E-state index is 0.167. The minimum Gasteiger partial charge on any atom is -0.358 e. The highest BCUT2D eigenvalue weighted by Gasteiger charge is 2.33. The topological polar surface area (TPSA) is 42.3 Å². The number of benzene rings is 2. The molecule has 146 valence electrons. The fourth-order valence-corrected chi connectivity index (χ4v) is 4.63. The first-order chi connectivity index (χ1) is 14.2. The van der Waals surface area contributed by atoms with Crippen LogP contribution in [0.1, 0.15) is 52.6 Å². The predicted octanol–water partition coefficient (Wildman–Crippen LogP) is 5.11. The lowest BCUT2D eigenvalue weighted by Gasteiger charge is -2.29. The number of Topliss-reactive ketones (excluding diaryl/α,β-unsaturated/α-hetero) is 2. The van der Waals surface area contributed by atoms with Crippen molar-refractivity contribution < 1.29 is 9.59 Å². The van der Waals surface area contributed by atoms with E-state index in [0.29, 0.717) is 11.1 Å². The highest BCUT2D eigenvalue weighted by Crippen LogP contribution is 2.32. The molecular weight excluding hydrogens is 360 g/mol. The lowest BCUT2D eigenvalue weighted by atomic mass is 10.0. The number of aromatic nitrogens is 1. The minimum atomic E-state index is -0.167. The maximum atomic E-state index is 13.1. The fourth-order valence-electron chi connectivity index (χ4n) is 4.63. The standard InChI is InChI=1S/C25H24N2O2/c1-2-27-19(10-11-23(27)26-12-6-3-7-13-26)16-22-24(28)20-14-17-8-4-5-9-18(17)15-21(20)25(22)29/h4-5,8-11,14-16H,2-3,6-7,12-13H2,1H3. The van der Waals surface area contributed by atoms with Gasteiger partial charge in [-0.05, 0) is 67.3 Å². The number of carbonyl (C=O) groups is 2. The molecule has 1 aromatic heterocycles. The zero-order chi connectivity index (χ0) is 20.0. The van der Waals surface area contributed by atoms with Crippen LogP contribution < -0.4 is 4.90 Å². The molecule has 3 aromatic rings. The van der Waals surface area contributed by atoms with Crippen LogP contribution in [0.5, 0.6) is 0 Å². The number of rotatable bonds is 3. The second kappa shape index (κ2) is 7.03. The summed E-state index contributed by atoms with van der Waals surface area (Å²) >= 11 is 0. The third kappa shape index (κ3) is 2.91. The molecule has 0 unspecified atom stereocenters. The maximum absolute atomic E-state index is 13.1. The first-order valence-electron chi connectivity index (χ1n) is 10.5. The lowest BCUT2D eigenvalue weighted by molar-refractivity contribution is 0.0990. The Morgan fingerprint density at radius 2 is 1.48 bits per heavy atom. The zero-order valence-corrected chi connectivity index (χ0v) is 16.6. The summed E-state index contributed by atoms with van der Waals surface area (Å²) in [5.74, 6) is 0.846. The normalized spacial score (nSPS) is 16.6. The first-order valence-corrected chi connectivity index (χ1v) is 10.5. The molecule has 5 rings (SSSR count). The molecule has 1 aliphatic carbocycles. The molecule has 0 amide bonds. The van der Waals surface area contributed by atoms with E-state index in [4.69, 9.17) is 0 Å². The van der Waals surface area contributed by atoms with E-state index >= 15 is 0 Å². The summed E-state index contributed by atoms with van der Waals surface area (Å²) in [7, 11) is 0. The number of allylic oxidation sites excluding steroid dienone is 1. The molecule has 4 heteroatoms. The number of carbonyl (C=O) groups excluding carboxylic acids is 2. The molecule has 0 N–H and O–H groups in total. The second-order valence-corrected chi connectivity index (χ2v) is 7.87. The van der Waals surface area contributed by atoms with E-state index in [1.165, 1.54) is 25.1 Å². The van der Waals surface area contributed by atoms with Crippen molar-refractivity contribution in [2.75, 3.05) is 18.0 Å². The van der Waals surface area contributed by atoms with E-state index in [0.717, 1.165) is 36.1 Å². The van der Waals surface area contributed by atoms with Gasteiger partial charge in [-0.2, -0.15) is 0 Å². The van der Waals surface area contributed by atoms with Crippen LogP contribution in [0.2, 0.25) is 0 Å². The molecule has 2 aliphatic rings. The molecule has 0 bridgehead atoms. The van der Waals surface area contributed by atoms with E-state index in [9.17, 15) is 9.59 Å². The van der Waals surface area contributed by atoms with Gasteiger partial charge in [-0.3, -0.25) is 9.59 Å². The van der Waals surface area contributed by atoms with Gasteiger partial charge in [-0.1, -0.05) is 24.3 Å². The Morgan fingerprint density at radius 1 is 0.862 bits per heavy atom. The molecule has 1 fully saturated rings. The van der Waals surface area contributed by atoms with Crippen LogP contribution in [0, 0.1) is 0 Å². The molecular formula is C25H24N2O2. The van der Waals surface area contributed by atoms with E-state index < -0.39 is 0 Å². The summed E-state index contributed by atoms with van der Waals surface area (Å²) in [4.78, 5) is 28.5. The molecule has 29 heavy (non-hydrogen) atoms. The predicted molar refractivity (Wildman–Crippen MR) is 117 cm³/mol. The van der Waals surface area contributed by atoms with Crippen LogP contribution >= 0.6 is 0 Å². The van der Waals surface area contributed by atoms with Crippen molar-refractivity contribution in [1.29, 1.82) is 0 Å². The van der Waals surface area contributed by atoms with Crippen LogP contribution in [-0.2, 0) is 6.54 Å². The Labute approximate surface area is 170 Å². The quantitative estimate of drug-likeness (QED) is 0.465. The van der Waals surface area contributed by atoms with Gasteiger partial charge in [0.25, 0.3) is 0 Å². The van der Waals surface area contributed by atoms with Gasteiger partial charge in [0.2, 0.25) is 0 Å². The SMILES string of the molecule is CCn1c(C=C2C(=O)c3cc4ccccc4cc3C2=O)ccc1N1CCCCC1. The van der Waals surface area contributed by atoms with Gasteiger partial charge in [0.15, 0.2) is 11.6 Å². The molecule has 1 saturated heterocycles. The van der Waals surface area contributed by atoms with Gasteiger partial charge >= 0.3 is 0 Å². The van der Waals surface area contributed by atoms with Gasteiger partial charge in [-0.25, -0.2) is 0 Å². The third-order valence-electron chi connectivity index (χ3n) is 6.14. The van der Waals surface area contributed by atoms with Gasteiger partial charge < -0.3 is 9.47 Å². The number of anilines is 1. The highest BCUT2D eigenvalue weighted by atomic mass is 16.2. The smallest absolute Gasteiger partial charge is 0.197 e. The third-order valence-corrected chi connectivity index (χ3v) is 6.14. The molecule has 0 saturated carbocycles. The van der Waals surface area contributed by atoms with E-state index in [2.05, 4.69) is 22.5 Å². The Bertz CT molecular complexity index is 1110. The Kier molecular flexibility index (Phi) is 4.35. The van der Waals surface area contributed by atoms with E-state index in [1.807, 2.05) is 42.5 Å². The van der Waals surface area contributed by atoms with Crippen molar-refractivity contribution >= 4 is 34.2 Å². The number of nitrogens with zero attached hydrogens (tertiary/aromatic N) is 2. The fraction of sp³-hybridized carbons (Fsp3) is 0.280. The summed E-state index contributed by atoms with van der Waals surface area (Å²) < 4.78 is 2.21. The average molecular weight is 384 g/mol. The van der Waals surface area contributed by atoms with Crippen molar-refractivity contribution in [3.05, 3.63) is 70.9 Å². The maximum Gasteiger partial charge on any atom is 0.197 e. The number of fused-ring (bicyclic) bond motifs is 2. The van der Waals surface area contributed by atoms with Crippen LogP contribution in [0.15, 0.2) is 54.1 Å². The van der Waals surface area contributed by atoms with Crippen molar-refractivity contribution in [3.63, 3.8) is 0 Å². The highest BCUT2D eigenvalue weighted by molar-refractivity contribution is 6.42. The molecule has 1 aliphatic heterocycles. The molecule has 2 aromatic carbocycles. The molecule has 0 spiro atoms. The largest absolute Gasteiger partial charge is 0.358 e. The average Bonchev–Trinajstić information content (AvgIpc) is 3.27. The summed E-state index contributed by atoms with van der Waals surface area (Å²) in [6.07, 6.45) is 5.50. The van der Waals surface area contributed by atoms with Gasteiger partial charge in [0.05, 0.1) is 5.57 Å². The first kappa shape index (κ1) is 17.9. The number of piperidine rings is 1. The second-order valence-electron chi connectivity index (χ2n) is 7.87. The monoisotopic (exact) mass is 384 g/mol. The number of ketones is 2. The van der Waals surface area contributed by atoms with E-state index in [1.54, 1.807) is 6.08 Å². The molecule has 4 nitrogen and oxygen atoms in total. The summed E-state index contributed by atoms with van der Waals surface area (Å²) in [6, 6.07) is 15.7. The van der Waals surface area contributed by atoms with Crippen LogP contribution in [0.25, 0.3) is 16.8 Å². The Hall–Kier alpha value is -3.14. The zero-order valence-electron chi connectivity index (χ0n) is 16.6. The molecule has 0 radical (unpaired) electrons. The van der Waals surface area contributed by atoms with Crippen LogP contribution in [0.3, 0.4) is 0 Å². The van der Waals surface area contributed by atoms with Gasteiger partial charge in [0, 0.05) is 36.5 Å². The van der Waals surface area contributed by atoms with Crippen molar-refractivity contribution in [3.8, 4) is 0 Å². The summed E-state index contributed by atoms with van der Waals surface area (Å²) in [5.41, 5.74) is 2.23. The van der Waals surface area contributed by atoms with E-state index in [-0.39, 0.29) is 17.1 Å². The number of hydrogen-bond donors (Lipinski definition) is 0. The van der Waals surface area contributed by atoms with Gasteiger partial charge in [0.1, 0.15) is 5.82 Å². The number of hydrogen-bond acceptors (Lipinski definition) is 3. The Balaban J connectivity index is 1.55. The van der Waals surface area contributed by atoms with Crippen LogP contribution in [-0.4, -0.2) is 29.2 Å². The molecule has 2 heterocycles. The van der Waals surface area contributed by atoms with Crippen molar-refractivity contribution in [1.82, 2.24) is 4.57 Å². The van der Waals surface area contributed by atoms with Crippen LogP contribution in [0.4, 0.5) is 5.82 Å². The van der Waals surface area contributed by atoms with Gasteiger partial charge in [-0.15, -0.1) is 0 Å². The lowest BCUT2D eigenvalue weighted by Crippen LogP contribution is -2.31.